The summed E-state index contributed by atoms with van der Waals surface area (Å²) in [5.74, 6) is 0.817. The number of amides is 1. The van der Waals surface area contributed by atoms with Gasteiger partial charge in [-0.05, 0) is 49.7 Å². The van der Waals surface area contributed by atoms with Gasteiger partial charge in [-0.1, -0.05) is 6.07 Å². The lowest BCUT2D eigenvalue weighted by Gasteiger charge is -2.16. The number of carbonyl (C=O) groups excluding carboxylic acids is 1. The first-order valence-electron chi connectivity index (χ1n) is 7.12. The van der Waals surface area contributed by atoms with E-state index in [1.807, 2.05) is 55.1 Å². The zero-order valence-corrected chi connectivity index (χ0v) is 12.2. The van der Waals surface area contributed by atoms with E-state index in [0.717, 1.165) is 17.0 Å². The number of aromatic nitrogens is 1. The molecule has 0 N–H and O–H groups in total. The quantitative estimate of drug-likeness (QED) is 0.869. The summed E-state index contributed by atoms with van der Waals surface area (Å²) in [4.78, 5) is 18.6. The lowest BCUT2D eigenvalue weighted by Crippen LogP contribution is -2.25. The highest BCUT2D eigenvalue weighted by Crippen LogP contribution is 2.23. The van der Waals surface area contributed by atoms with Gasteiger partial charge in [0.25, 0.3) is 5.91 Å². The van der Waals surface area contributed by atoms with Gasteiger partial charge in [-0.15, -0.1) is 0 Å². The number of benzene rings is 1. The smallest absolute Gasteiger partial charge is 0.254 e. The molecule has 0 atom stereocenters. The van der Waals surface area contributed by atoms with E-state index in [4.69, 9.17) is 4.74 Å². The molecule has 21 heavy (non-hydrogen) atoms. The topological polar surface area (TPSA) is 42.4 Å². The Morgan fingerprint density at radius 3 is 2.62 bits per heavy atom. The molecule has 1 amide bonds. The highest BCUT2D eigenvalue weighted by atomic mass is 16.5. The highest BCUT2D eigenvalue weighted by molar-refractivity contribution is 5.94. The fourth-order valence-electron chi connectivity index (χ4n) is 2.47. The third-order valence-corrected chi connectivity index (χ3v) is 3.45. The molecule has 0 aliphatic carbocycles. The van der Waals surface area contributed by atoms with E-state index < -0.39 is 0 Å². The second kappa shape index (κ2) is 5.56. The second-order valence-corrected chi connectivity index (χ2v) is 5.46. The van der Waals surface area contributed by atoms with Crippen LogP contribution in [0.25, 0.3) is 0 Å². The van der Waals surface area contributed by atoms with Gasteiger partial charge in [0.2, 0.25) is 0 Å². The van der Waals surface area contributed by atoms with Gasteiger partial charge in [-0.2, -0.15) is 0 Å². The number of ether oxygens (including phenoxy) is 1. The van der Waals surface area contributed by atoms with Crippen molar-refractivity contribution in [2.75, 3.05) is 0 Å². The Bertz CT molecular complexity index is 625. The van der Waals surface area contributed by atoms with Gasteiger partial charge in [0.1, 0.15) is 5.75 Å². The molecular formula is C17H18N2O2. The Hall–Kier alpha value is -2.36. The third kappa shape index (κ3) is 2.89. The van der Waals surface area contributed by atoms with Gasteiger partial charge in [0, 0.05) is 18.3 Å². The SMILES string of the molecule is CC(C)Oc1ccc(C(=O)N2Cc3cccnc3C2)cc1. The predicted octanol–water partition coefficient (Wildman–Crippen LogP) is 3.02. The molecule has 0 saturated heterocycles. The number of fused-ring (bicyclic) bond motifs is 1. The molecule has 1 aliphatic heterocycles. The average molecular weight is 282 g/mol. The average Bonchev–Trinajstić information content (AvgIpc) is 2.90. The van der Waals surface area contributed by atoms with E-state index in [-0.39, 0.29) is 12.0 Å². The maximum absolute atomic E-state index is 12.5. The first-order chi connectivity index (χ1) is 10.1. The minimum absolute atomic E-state index is 0.0316. The van der Waals surface area contributed by atoms with Crippen LogP contribution in [-0.2, 0) is 13.1 Å². The van der Waals surface area contributed by atoms with Crippen molar-refractivity contribution < 1.29 is 9.53 Å². The minimum Gasteiger partial charge on any atom is -0.491 e. The van der Waals surface area contributed by atoms with Crippen molar-refractivity contribution in [3.05, 3.63) is 59.4 Å². The molecule has 1 aromatic carbocycles. The molecule has 3 rings (SSSR count). The molecule has 1 aromatic heterocycles. The fourth-order valence-corrected chi connectivity index (χ4v) is 2.47. The molecule has 0 unspecified atom stereocenters. The van der Waals surface area contributed by atoms with Crippen LogP contribution in [0.4, 0.5) is 0 Å². The summed E-state index contributed by atoms with van der Waals surface area (Å²) in [5, 5.41) is 0. The van der Waals surface area contributed by atoms with Crippen molar-refractivity contribution in [2.45, 2.75) is 33.0 Å². The maximum atomic E-state index is 12.5. The number of hydrogen-bond acceptors (Lipinski definition) is 3. The van der Waals surface area contributed by atoms with Crippen LogP contribution in [0.3, 0.4) is 0 Å². The summed E-state index contributed by atoms with van der Waals surface area (Å²) in [6.45, 7) is 5.17. The Kier molecular flexibility index (Phi) is 3.60. The number of rotatable bonds is 3. The van der Waals surface area contributed by atoms with Gasteiger partial charge in [0.15, 0.2) is 0 Å². The largest absolute Gasteiger partial charge is 0.491 e. The van der Waals surface area contributed by atoms with Crippen LogP contribution in [0.1, 0.15) is 35.5 Å². The first kappa shape index (κ1) is 13.6. The van der Waals surface area contributed by atoms with Crippen molar-refractivity contribution in [1.82, 2.24) is 9.88 Å². The van der Waals surface area contributed by atoms with Crippen molar-refractivity contribution in [3.63, 3.8) is 0 Å². The van der Waals surface area contributed by atoms with Crippen LogP contribution >= 0.6 is 0 Å². The van der Waals surface area contributed by atoms with E-state index in [2.05, 4.69) is 4.98 Å². The van der Waals surface area contributed by atoms with Crippen molar-refractivity contribution in [2.24, 2.45) is 0 Å². The molecule has 0 bridgehead atoms. The second-order valence-electron chi connectivity index (χ2n) is 5.46. The zero-order valence-electron chi connectivity index (χ0n) is 12.2. The summed E-state index contributed by atoms with van der Waals surface area (Å²) < 4.78 is 5.59. The summed E-state index contributed by atoms with van der Waals surface area (Å²) in [5.41, 5.74) is 2.80. The van der Waals surface area contributed by atoms with E-state index in [9.17, 15) is 4.79 Å². The fraction of sp³-hybridized carbons (Fsp3) is 0.294. The molecule has 0 saturated carbocycles. The van der Waals surface area contributed by atoms with Gasteiger partial charge in [-0.25, -0.2) is 0 Å². The maximum Gasteiger partial charge on any atom is 0.254 e. The Labute approximate surface area is 124 Å². The number of nitrogens with zero attached hydrogens (tertiary/aromatic N) is 2. The molecule has 4 heteroatoms. The minimum atomic E-state index is 0.0316. The molecule has 4 nitrogen and oxygen atoms in total. The Balaban J connectivity index is 1.72. The van der Waals surface area contributed by atoms with Crippen LogP contribution in [0.5, 0.6) is 5.75 Å². The van der Waals surface area contributed by atoms with Crippen LogP contribution in [-0.4, -0.2) is 21.9 Å². The van der Waals surface area contributed by atoms with Crippen molar-refractivity contribution >= 4 is 5.91 Å². The zero-order chi connectivity index (χ0) is 14.8. The molecule has 2 heterocycles. The van der Waals surface area contributed by atoms with E-state index >= 15 is 0 Å². The first-order valence-corrected chi connectivity index (χ1v) is 7.12. The number of hydrogen-bond donors (Lipinski definition) is 0. The normalized spacial score (nSPS) is 13.4. The van der Waals surface area contributed by atoms with Crippen LogP contribution in [0, 0.1) is 0 Å². The van der Waals surface area contributed by atoms with Crippen LogP contribution in [0.15, 0.2) is 42.6 Å². The van der Waals surface area contributed by atoms with E-state index in [0.29, 0.717) is 18.7 Å². The van der Waals surface area contributed by atoms with Crippen molar-refractivity contribution in [1.29, 1.82) is 0 Å². The molecule has 0 spiro atoms. The molecule has 1 aliphatic rings. The summed E-state index contributed by atoms with van der Waals surface area (Å²) >= 11 is 0. The molecule has 108 valence electrons. The van der Waals surface area contributed by atoms with Gasteiger partial charge >= 0.3 is 0 Å². The van der Waals surface area contributed by atoms with Crippen molar-refractivity contribution in [3.8, 4) is 5.75 Å². The Morgan fingerprint density at radius 1 is 1.19 bits per heavy atom. The third-order valence-electron chi connectivity index (χ3n) is 3.45. The summed E-state index contributed by atoms with van der Waals surface area (Å²) in [7, 11) is 0. The van der Waals surface area contributed by atoms with E-state index in [1.54, 1.807) is 6.20 Å². The standard InChI is InChI=1S/C17H18N2O2/c1-12(2)21-15-7-5-13(6-8-15)17(20)19-10-14-4-3-9-18-16(14)11-19/h3-9,12H,10-11H2,1-2H3. The van der Waals surface area contributed by atoms with Gasteiger partial charge in [0.05, 0.1) is 18.3 Å². The van der Waals surface area contributed by atoms with E-state index in [1.165, 1.54) is 0 Å². The lowest BCUT2D eigenvalue weighted by molar-refractivity contribution is 0.0750. The molecule has 2 aromatic rings. The van der Waals surface area contributed by atoms with Crippen LogP contribution in [0.2, 0.25) is 0 Å². The molecular weight excluding hydrogens is 264 g/mol. The van der Waals surface area contributed by atoms with Gasteiger partial charge in [-0.3, -0.25) is 9.78 Å². The highest BCUT2D eigenvalue weighted by Gasteiger charge is 2.24. The Morgan fingerprint density at radius 2 is 1.95 bits per heavy atom. The van der Waals surface area contributed by atoms with Crippen LogP contribution < -0.4 is 4.74 Å². The monoisotopic (exact) mass is 282 g/mol. The molecule has 0 radical (unpaired) electrons. The summed E-state index contributed by atoms with van der Waals surface area (Å²) in [6.07, 6.45) is 1.90. The molecule has 0 fully saturated rings. The number of carbonyl (C=O) groups is 1. The predicted molar refractivity (Wildman–Crippen MR) is 80.0 cm³/mol. The van der Waals surface area contributed by atoms with Gasteiger partial charge < -0.3 is 9.64 Å². The summed E-state index contributed by atoms with van der Waals surface area (Å²) in [6, 6.07) is 11.2. The number of pyridine rings is 1. The lowest BCUT2D eigenvalue weighted by atomic mass is 10.2.